The van der Waals surface area contributed by atoms with Crippen LogP contribution in [0.5, 0.6) is 0 Å². The van der Waals surface area contributed by atoms with Crippen LogP contribution in [-0.4, -0.2) is 64.8 Å². The first-order valence-electron chi connectivity index (χ1n) is 9.23. The molecule has 0 spiro atoms. The molecule has 28 heavy (non-hydrogen) atoms. The van der Waals surface area contributed by atoms with Gasteiger partial charge < -0.3 is 14.9 Å². The van der Waals surface area contributed by atoms with Crippen LogP contribution in [0.3, 0.4) is 0 Å². The molecule has 1 unspecified atom stereocenters. The number of hydrogen-bond donors (Lipinski definition) is 1. The van der Waals surface area contributed by atoms with Crippen molar-refractivity contribution in [3.05, 3.63) is 54.7 Å². The van der Waals surface area contributed by atoms with Crippen molar-refractivity contribution < 1.29 is 14.7 Å². The quantitative estimate of drug-likeness (QED) is 0.865. The molecule has 1 atom stereocenters. The van der Waals surface area contributed by atoms with Gasteiger partial charge in [0.15, 0.2) is 6.04 Å². The number of carbonyl (C=O) groups excluding carboxylic acids is 1. The van der Waals surface area contributed by atoms with Gasteiger partial charge in [0.1, 0.15) is 11.5 Å². The largest absolute Gasteiger partial charge is 0.480 e. The molecule has 1 aromatic heterocycles. The number of carbonyl (C=O) groups is 2. The number of anilines is 2. The highest BCUT2D eigenvalue weighted by Gasteiger charge is 2.38. The van der Waals surface area contributed by atoms with Gasteiger partial charge in [-0.1, -0.05) is 24.3 Å². The van der Waals surface area contributed by atoms with E-state index in [1.807, 2.05) is 36.4 Å². The van der Waals surface area contributed by atoms with Crippen molar-refractivity contribution in [2.45, 2.75) is 12.5 Å². The first-order chi connectivity index (χ1) is 13.6. The predicted octanol–water partition coefficient (Wildman–Crippen LogP) is 1.45. The fraction of sp³-hybridized carbons (Fsp3) is 0.300. The van der Waals surface area contributed by atoms with Gasteiger partial charge in [-0.25, -0.2) is 9.78 Å². The van der Waals surface area contributed by atoms with Crippen LogP contribution < -0.4 is 9.91 Å². The number of aromatic nitrogens is 1. The monoisotopic (exact) mass is 379 g/mol. The number of para-hydroxylation sites is 1. The van der Waals surface area contributed by atoms with Gasteiger partial charge in [0.2, 0.25) is 0 Å². The smallest absolute Gasteiger partial charge is 0.328 e. The second-order valence-corrected chi connectivity index (χ2v) is 6.75. The lowest BCUT2D eigenvalue weighted by molar-refractivity contribution is -0.138. The number of nitrogens with zero attached hydrogens (tertiary/aromatic N) is 5. The van der Waals surface area contributed by atoms with Crippen molar-refractivity contribution in [3.8, 4) is 0 Å². The molecule has 4 rings (SSSR count). The van der Waals surface area contributed by atoms with E-state index in [1.165, 1.54) is 5.01 Å². The molecule has 8 nitrogen and oxygen atoms in total. The first kappa shape index (κ1) is 18.0. The van der Waals surface area contributed by atoms with E-state index >= 15 is 0 Å². The minimum Gasteiger partial charge on any atom is -0.480 e. The number of aliphatic carboxylic acids is 1. The standard InChI is InChI=1S/C20H21N5O3/c26-19(24-12-10-23(11-13-24)18-8-4-5-9-21-18)16-14-17(20(27)28)25(22-16)15-6-2-1-3-7-15/h1-9,17H,10-14H2,(H,27,28). The zero-order valence-electron chi connectivity index (χ0n) is 15.3. The third-order valence-electron chi connectivity index (χ3n) is 5.00. The molecule has 144 valence electrons. The van der Waals surface area contributed by atoms with E-state index in [-0.39, 0.29) is 12.3 Å². The SMILES string of the molecule is O=C(O)C1CC(C(=O)N2CCN(c3ccccn3)CC2)=NN1c1ccccc1. The molecule has 1 saturated heterocycles. The fourth-order valence-electron chi connectivity index (χ4n) is 3.51. The maximum Gasteiger partial charge on any atom is 0.328 e. The van der Waals surface area contributed by atoms with Crippen LogP contribution in [0, 0.1) is 0 Å². The molecular formula is C20H21N5O3. The molecule has 1 amide bonds. The molecule has 2 aliphatic rings. The Labute approximate surface area is 162 Å². The Balaban J connectivity index is 1.45. The minimum atomic E-state index is -0.990. The van der Waals surface area contributed by atoms with Crippen LogP contribution in [0.4, 0.5) is 11.5 Å². The summed E-state index contributed by atoms with van der Waals surface area (Å²) < 4.78 is 0. The molecule has 1 fully saturated rings. The summed E-state index contributed by atoms with van der Waals surface area (Å²) in [7, 11) is 0. The van der Waals surface area contributed by atoms with E-state index in [9.17, 15) is 14.7 Å². The van der Waals surface area contributed by atoms with E-state index in [2.05, 4.69) is 15.0 Å². The number of rotatable bonds is 4. The first-order valence-corrected chi connectivity index (χ1v) is 9.23. The lowest BCUT2D eigenvalue weighted by atomic mass is 10.1. The Hall–Kier alpha value is -3.42. The Morgan fingerprint density at radius 2 is 1.68 bits per heavy atom. The van der Waals surface area contributed by atoms with E-state index in [0.29, 0.717) is 37.6 Å². The molecule has 0 aliphatic carbocycles. The van der Waals surface area contributed by atoms with E-state index < -0.39 is 12.0 Å². The normalized spacial score (nSPS) is 19.5. The van der Waals surface area contributed by atoms with Gasteiger partial charge in [0.05, 0.1) is 5.69 Å². The zero-order valence-corrected chi connectivity index (χ0v) is 15.3. The third-order valence-corrected chi connectivity index (χ3v) is 5.00. The highest BCUT2D eigenvalue weighted by molar-refractivity contribution is 6.40. The third kappa shape index (κ3) is 3.53. The van der Waals surface area contributed by atoms with Crippen LogP contribution in [0.1, 0.15) is 6.42 Å². The predicted molar refractivity (Wildman–Crippen MR) is 105 cm³/mol. The molecule has 0 bridgehead atoms. The lowest BCUT2D eigenvalue weighted by Crippen LogP contribution is -2.50. The van der Waals surface area contributed by atoms with Crippen LogP contribution >= 0.6 is 0 Å². The van der Waals surface area contributed by atoms with Gasteiger partial charge >= 0.3 is 5.97 Å². The summed E-state index contributed by atoms with van der Waals surface area (Å²) in [5, 5.41) is 15.4. The maximum absolute atomic E-state index is 12.9. The average molecular weight is 379 g/mol. The Morgan fingerprint density at radius 3 is 2.32 bits per heavy atom. The average Bonchev–Trinajstić information content (AvgIpc) is 3.20. The van der Waals surface area contributed by atoms with Crippen molar-refractivity contribution in [1.82, 2.24) is 9.88 Å². The zero-order chi connectivity index (χ0) is 19.5. The van der Waals surface area contributed by atoms with E-state index in [1.54, 1.807) is 23.2 Å². The number of hydrazone groups is 1. The lowest BCUT2D eigenvalue weighted by Gasteiger charge is -2.35. The summed E-state index contributed by atoms with van der Waals surface area (Å²) in [5.41, 5.74) is 0.959. The van der Waals surface area contributed by atoms with Crippen molar-refractivity contribution in [2.24, 2.45) is 5.10 Å². The molecule has 2 aliphatic heterocycles. The number of pyridine rings is 1. The Morgan fingerprint density at radius 1 is 0.964 bits per heavy atom. The van der Waals surface area contributed by atoms with Gasteiger partial charge in [-0.05, 0) is 24.3 Å². The maximum atomic E-state index is 12.9. The van der Waals surface area contributed by atoms with Crippen LogP contribution in [-0.2, 0) is 9.59 Å². The molecule has 2 aromatic rings. The fourth-order valence-corrected chi connectivity index (χ4v) is 3.51. The number of piperazine rings is 1. The van der Waals surface area contributed by atoms with Crippen LogP contribution in [0.25, 0.3) is 0 Å². The van der Waals surface area contributed by atoms with Gasteiger partial charge in [-0.3, -0.25) is 9.80 Å². The number of hydrogen-bond acceptors (Lipinski definition) is 6. The second kappa shape index (κ2) is 7.67. The minimum absolute atomic E-state index is 0.101. The van der Waals surface area contributed by atoms with Crippen molar-refractivity contribution >= 4 is 29.1 Å². The summed E-state index contributed by atoms with van der Waals surface area (Å²) in [4.78, 5) is 32.8. The Kier molecular flexibility index (Phi) is 4.92. The van der Waals surface area contributed by atoms with Crippen molar-refractivity contribution in [3.63, 3.8) is 0 Å². The summed E-state index contributed by atoms with van der Waals surface area (Å²) in [6, 6.07) is 14.0. The summed E-state index contributed by atoms with van der Waals surface area (Å²) in [6.07, 6.45) is 1.86. The second-order valence-electron chi connectivity index (χ2n) is 6.75. The molecular weight excluding hydrogens is 358 g/mol. The van der Waals surface area contributed by atoms with Gasteiger partial charge in [-0.2, -0.15) is 5.10 Å². The van der Waals surface area contributed by atoms with Crippen LogP contribution in [0.2, 0.25) is 0 Å². The molecule has 0 radical (unpaired) electrons. The molecule has 1 aromatic carbocycles. The molecule has 8 heteroatoms. The highest BCUT2D eigenvalue weighted by atomic mass is 16.4. The summed E-state index contributed by atoms with van der Waals surface area (Å²) in [6.45, 7) is 2.47. The molecule has 3 heterocycles. The van der Waals surface area contributed by atoms with Gasteiger partial charge in [0, 0.05) is 38.8 Å². The summed E-state index contributed by atoms with van der Waals surface area (Å²) >= 11 is 0. The van der Waals surface area contributed by atoms with Gasteiger partial charge in [0.25, 0.3) is 5.91 Å². The Bertz CT molecular complexity index is 879. The van der Waals surface area contributed by atoms with E-state index in [4.69, 9.17) is 0 Å². The number of carboxylic acids is 1. The van der Waals surface area contributed by atoms with Gasteiger partial charge in [-0.15, -0.1) is 0 Å². The van der Waals surface area contributed by atoms with Crippen molar-refractivity contribution in [1.29, 1.82) is 0 Å². The van der Waals surface area contributed by atoms with Crippen LogP contribution in [0.15, 0.2) is 59.8 Å². The summed E-state index contributed by atoms with van der Waals surface area (Å²) in [5.74, 6) is -0.283. The highest BCUT2D eigenvalue weighted by Crippen LogP contribution is 2.25. The van der Waals surface area contributed by atoms with E-state index in [0.717, 1.165) is 5.82 Å². The number of amides is 1. The number of carboxylic acid groups (broad SMARTS) is 1. The topological polar surface area (TPSA) is 89.3 Å². The number of benzene rings is 1. The molecule has 0 saturated carbocycles. The van der Waals surface area contributed by atoms with Crippen molar-refractivity contribution in [2.75, 3.05) is 36.1 Å². The molecule has 1 N–H and O–H groups in total.